The van der Waals surface area contributed by atoms with E-state index in [9.17, 15) is 31.2 Å². The van der Waals surface area contributed by atoms with Crippen molar-refractivity contribution in [2.75, 3.05) is 25.1 Å². The highest BCUT2D eigenvalue weighted by atomic mass is 35.5. The van der Waals surface area contributed by atoms with Crippen molar-refractivity contribution in [1.29, 1.82) is 0 Å². The number of rotatable bonds is 8. The van der Waals surface area contributed by atoms with Crippen LogP contribution in [0.3, 0.4) is 0 Å². The van der Waals surface area contributed by atoms with Gasteiger partial charge in [0.05, 0.1) is 45.7 Å². The molecule has 0 bridgehead atoms. The minimum Gasteiger partial charge on any atom is -0.330 e. The van der Waals surface area contributed by atoms with E-state index in [1.54, 1.807) is 20.8 Å². The van der Waals surface area contributed by atoms with E-state index in [-0.39, 0.29) is 33.8 Å². The lowest BCUT2D eigenvalue weighted by Gasteiger charge is -2.31. The number of aromatic nitrogens is 3. The number of hydrogen-bond donors (Lipinski definition) is 0. The van der Waals surface area contributed by atoms with Crippen LogP contribution in [0.25, 0.3) is 0 Å². The zero-order valence-electron chi connectivity index (χ0n) is 22.1. The van der Waals surface area contributed by atoms with Gasteiger partial charge in [-0.05, 0) is 37.0 Å². The van der Waals surface area contributed by atoms with Crippen LogP contribution in [0.1, 0.15) is 78.9 Å². The summed E-state index contributed by atoms with van der Waals surface area (Å²) in [6, 6.07) is -0.647. The predicted octanol–water partition coefficient (Wildman–Crippen LogP) is 5.75. The Morgan fingerprint density at radius 2 is 1.62 bits per heavy atom. The number of carbonyl (C=O) groups is 2. The fourth-order valence-electron chi connectivity index (χ4n) is 4.93. The molecule has 2 aromatic rings. The standard InChI is InChI=1S/C25H31Cl2F3N4O4S/c1-24(2,3)14-33(12-20(35)21-18(26)10-31-11-19(21)27)23(36)17-9-32-34(22(17)25(28,29)30)16-7-5-15(6-8-16)13-39(4,37)38/h9-11,15-16H,5-8,12-14H2,1-4H3. The molecule has 0 spiro atoms. The third-order valence-electron chi connectivity index (χ3n) is 6.41. The van der Waals surface area contributed by atoms with E-state index in [0.717, 1.165) is 22.0 Å². The van der Waals surface area contributed by atoms with Crippen molar-refractivity contribution in [2.45, 2.75) is 58.7 Å². The molecule has 0 radical (unpaired) electrons. The van der Waals surface area contributed by atoms with Crippen LogP contribution in [0.4, 0.5) is 13.2 Å². The first-order chi connectivity index (χ1) is 17.9. The number of halogens is 5. The zero-order valence-corrected chi connectivity index (χ0v) is 24.4. The average molecular weight is 612 g/mol. The molecule has 0 aromatic carbocycles. The number of sulfone groups is 1. The van der Waals surface area contributed by atoms with Gasteiger partial charge in [0.2, 0.25) is 0 Å². The first kappa shape index (κ1) is 31.3. The van der Waals surface area contributed by atoms with Crippen LogP contribution in [-0.4, -0.2) is 64.9 Å². The number of hydrogen-bond acceptors (Lipinski definition) is 6. The highest BCUT2D eigenvalue weighted by Crippen LogP contribution is 2.39. The van der Waals surface area contributed by atoms with Gasteiger partial charge >= 0.3 is 6.18 Å². The fraction of sp³-hybridized carbons (Fsp3) is 0.600. The first-order valence-corrected chi connectivity index (χ1v) is 15.1. The number of Topliss-reactive ketones (excluding diaryl/α,β-unsaturated/α-hetero) is 1. The van der Waals surface area contributed by atoms with Gasteiger partial charge in [0.15, 0.2) is 11.5 Å². The highest BCUT2D eigenvalue weighted by molar-refractivity contribution is 7.90. The Kier molecular flexibility index (Phi) is 9.44. The smallest absolute Gasteiger partial charge is 0.330 e. The Bertz CT molecular complexity index is 1310. The summed E-state index contributed by atoms with van der Waals surface area (Å²) in [5.41, 5.74) is -2.48. The van der Waals surface area contributed by atoms with Crippen molar-refractivity contribution in [1.82, 2.24) is 19.7 Å². The molecule has 1 fully saturated rings. The predicted molar refractivity (Wildman–Crippen MR) is 142 cm³/mol. The summed E-state index contributed by atoms with van der Waals surface area (Å²) >= 11 is 12.2. The molecule has 1 saturated carbocycles. The molecule has 0 aliphatic heterocycles. The molecule has 8 nitrogen and oxygen atoms in total. The van der Waals surface area contributed by atoms with E-state index < -0.39 is 57.0 Å². The third kappa shape index (κ3) is 8.17. The summed E-state index contributed by atoms with van der Waals surface area (Å²) in [6.07, 6.45) is 0.994. The molecule has 0 saturated heterocycles. The van der Waals surface area contributed by atoms with Gasteiger partial charge in [-0.3, -0.25) is 19.3 Å². The van der Waals surface area contributed by atoms with Crippen molar-refractivity contribution in [3.63, 3.8) is 0 Å². The number of nitrogens with zero attached hydrogens (tertiary/aromatic N) is 4. The van der Waals surface area contributed by atoms with Crippen molar-refractivity contribution in [3.8, 4) is 0 Å². The number of carbonyl (C=O) groups excluding carboxylic acids is 2. The summed E-state index contributed by atoms with van der Waals surface area (Å²) in [7, 11) is -3.20. The largest absolute Gasteiger partial charge is 0.433 e. The monoisotopic (exact) mass is 610 g/mol. The maximum absolute atomic E-state index is 14.4. The van der Waals surface area contributed by atoms with Crippen molar-refractivity contribution in [2.24, 2.45) is 11.3 Å². The lowest BCUT2D eigenvalue weighted by atomic mass is 9.87. The summed E-state index contributed by atoms with van der Waals surface area (Å²) in [5, 5.41) is 3.89. The quantitative estimate of drug-likeness (QED) is 0.353. The Morgan fingerprint density at radius 3 is 2.10 bits per heavy atom. The maximum atomic E-state index is 14.4. The van der Waals surface area contributed by atoms with Crippen LogP contribution in [0.2, 0.25) is 10.0 Å². The van der Waals surface area contributed by atoms with Gasteiger partial charge in [-0.2, -0.15) is 18.3 Å². The van der Waals surface area contributed by atoms with E-state index in [2.05, 4.69) is 10.1 Å². The van der Waals surface area contributed by atoms with Crippen LogP contribution in [0.5, 0.6) is 0 Å². The highest BCUT2D eigenvalue weighted by Gasteiger charge is 2.43. The molecule has 0 unspecified atom stereocenters. The number of ketones is 1. The molecular formula is C25H31Cl2F3N4O4S. The maximum Gasteiger partial charge on any atom is 0.433 e. The van der Waals surface area contributed by atoms with Crippen LogP contribution in [-0.2, 0) is 16.0 Å². The molecule has 3 rings (SSSR count). The minimum atomic E-state index is -4.90. The van der Waals surface area contributed by atoms with E-state index in [1.165, 1.54) is 12.4 Å². The second-order valence-electron chi connectivity index (χ2n) is 11.2. The normalized spacial score (nSPS) is 18.7. The summed E-state index contributed by atoms with van der Waals surface area (Å²) < 4.78 is 67.2. The van der Waals surface area contributed by atoms with Crippen LogP contribution >= 0.6 is 23.2 Å². The molecule has 1 aliphatic rings. The van der Waals surface area contributed by atoms with E-state index in [4.69, 9.17) is 23.2 Å². The lowest BCUT2D eigenvalue weighted by molar-refractivity contribution is -0.145. The third-order valence-corrected chi connectivity index (χ3v) is 8.06. The van der Waals surface area contributed by atoms with Crippen molar-refractivity contribution >= 4 is 44.7 Å². The van der Waals surface area contributed by atoms with E-state index in [1.807, 2.05) is 0 Å². The second kappa shape index (κ2) is 11.7. The molecular weight excluding hydrogens is 580 g/mol. The van der Waals surface area contributed by atoms with Gasteiger partial charge < -0.3 is 4.90 Å². The van der Waals surface area contributed by atoms with Crippen molar-refractivity contribution < 1.29 is 31.2 Å². The number of amides is 1. The first-order valence-electron chi connectivity index (χ1n) is 12.3. The number of pyridine rings is 1. The van der Waals surface area contributed by atoms with E-state index in [0.29, 0.717) is 25.7 Å². The SMILES string of the molecule is CC(C)(C)CN(CC(=O)c1c(Cl)cncc1Cl)C(=O)c1cnn(C2CCC(CS(C)(=O)=O)CC2)c1C(F)(F)F. The summed E-state index contributed by atoms with van der Waals surface area (Å²) in [6.45, 7) is 4.77. The van der Waals surface area contributed by atoms with E-state index >= 15 is 0 Å². The molecule has 2 aromatic heterocycles. The molecule has 1 amide bonds. The Hall–Kier alpha value is -2.18. The van der Waals surface area contributed by atoms with Crippen LogP contribution in [0, 0.1) is 11.3 Å². The molecule has 0 N–H and O–H groups in total. The van der Waals surface area contributed by atoms with Gasteiger partial charge in [0.25, 0.3) is 5.91 Å². The van der Waals surface area contributed by atoms with Crippen molar-refractivity contribution in [3.05, 3.63) is 45.5 Å². The fourth-order valence-corrected chi connectivity index (χ4v) is 6.70. The summed E-state index contributed by atoms with van der Waals surface area (Å²) in [5.74, 6) is -1.79. The lowest BCUT2D eigenvalue weighted by Crippen LogP contribution is -2.42. The molecule has 216 valence electrons. The topological polar surface area (TPSA) is 102 Å². The average Bonchev–Trinajstić information content (AvgIpc) is 3.22. The minimum absolute atomic E-state index is 0.0179. The van der Waals surface area contributed by atoms with Gasteiger partial charge in [0, 0.05) is 25.2 Å². The second-order valence-corrected chi connectivity index (χ2v) is 14.2. The van der Waals surface area contributed by atoms with Crippen LogP contribution < -0.4 is 0 Å². The van der Waals surface area contributed by atoms with Gasteiger partial charge in [-0.15, -0.1) is 0 Å². The van der Waals surface area contributed by atoms with Gasteiger partial charge in [-0.25, -0.2) is 8.42 Å². The Labute approximate surface area is 235 Å². The molecule has 1 aliphatic carbocycles. The van der Waals surface area contributed by atoms with Crippen LogP contribution in [0.15, 0.2) is 18.6 Å². The van der Waals surface area contributed by atoms with Gasteiger partial charge in [0.1, 0.15) is 9.84 Å². The number of alkyl halides is 3. The molecule has 2 heterocycles. The molecule has 14 heteroatoms. The van der Waals surface area contributed by atoms with Gasteiger partial charge in [-0.1, -0.05) is 44.0 Å². The Balaban J connectivity index is 1.94. The summed E-state index contributed by atoms with van der Waals surface area (Å²) in [4.78, 5) is 31.6. The molecule has 39 heavy (non-hydrogen) atoms. The zero-order chi connectivity index (χ0) is 29.3. The molecule has 0 atom stereocenters. The Morgan fingerprint density at radius 1 is 1.05 bits per heavy atom.